The van der Waals surface area contributed by atoms with Crippen LogP contribution in [0.4, 0.5) is 5.69 Å². The molecular formula is C10H15NO4S. The Hall–Kier alpha value is -1.27. The summed E-state index contributed by atoms with van der Waals surface area (Å²) >= 11 is 0. The third-order valence-electron chi connectivity index (χ3n) is 1.97. The molecule has 0 amide bonds. The average molecular weight is 245 g/mol. The van der Waals surface area contributed by atoms with Crippen LogP contribution in [0.5, 0.6) is 5.75 Å². The Balaban J connectivity index is 2.80. The number of methoxy groups -OCH3 is 1. The van der Waals surface area contributed by atoms with Crippen molar-refractivity contribution in [2.24, 2.45) is 0 Å². The summed E-state index contributed by atoms with van der Waals surface area (Å²) in [6.07, 6.45) is 0. The van der Waals surface area contributed by atoms with Gasteiger partial charge in [-0.15, -0.1) is 0 Å². The number of aryl methyl sites for hydroxylation is 1. The van der Waals surface area contributed by atoms with Crippen molar-refractivity contribution in [3.05, 3.63) is 23.8 Å². The molecule has 0 heterocycles. The lowest BCUT2D eigenvalue weighted by Gasteiger charge is -2.09. The third kappa shape index (κ3) is 3.71. The van der Waals surface area contributed by atoms with E-state index in [4.69, 9.17) is 0 Å². The SMILES string of the molecule is COCCS(=O)(=O)Nc1ccc(C)cc1O. The number of benzene rings is 1. The third-order valence-corrected chi connectivity index (χ3v) is 3.21. The molecular weight excluding hydrogens is 230 g/mol. The quantitative estimate of drug-likeness (QED) is 0.761. The van der Waals surface area contributed by atoms with Crippen molar-refractivity contribution in [1.29, 1.82) is 0 Å². The summed E-state index contributed by atoms with van der Waals surface area (Å²) in [5, 5.41) is 9.52. The maximum absolute atomic E-state index is 11.5. The first-order valence-corrected chi connectivity index (χ1v) is 6.39. The minimum atomic E-state index is -3.47. The van der Waals surface area contributed by atoms with E-state index in [2.05, 4.69) is 9.46 Å². The van der Waals surface area contributed by atoms with E-state index in [0.717, 1.165) is 5.56 Å². The molecule has 1 aromatic rings. The molecule has 0 bridgehead atoms. The highest BCUT2D eigenvalue weighted by Crippen LogP contribution is 2.24. The highest BCUT2D eigenvalue weighted by atomic mass is 32.2. The fraction of sp³-hybridized carbons (Fsp3) is 0.400. The van der Waals surface area contributed by atoms with Gasteiger partial charge in [-0.05, 0) is 24.6 Å². The Labute approximate surface area is 95.1 Å². The van der Waals surface area contributed by atoms with Crippen molar-refractivity contribution in [2.45, 2.75) is 6.92 Å². The fourth-order valence-corrected chi connectivity index (χ4v) is 2.14. The zero-order valence-electron chi connectivity index (χ0n) is 9.23. The first-order valence-electron chi connectivity index (χ1n) is 4.73. The molecule has 0 saturated carbocycles. The smallest absolute Gasteiger partial charge is 0.235 e. The lowest BCUT2D eigenvalue weighted by Crippen LogP contribution is -2.19. The van der Waals surface area contributed by atoms with Gasteiger partial charge in [-0.25, -0.2) is 8.42 Å². The number of anilines is 1. The zero-order chi connectivity index (χ0) is 12.2. The second-order valence-corrected chi connectivity index (χ2v) is 5.28. The molecule has 0 fully saturated rings. The van der Waals surface area contributed by atoms with Gasteiger partial charge in [0, 0.05) is 7.11 Å². The standard InChI is InChI=1S/C10H15NO4S/c1-8-3-4-9(10(12)7-8)11-16(13,14)6-5-15-2/h3-4,7,11-12H,5-6H2,1-2H3. The van der Waals surface area contributed by atoms with Gasteiger partial charge in [0.25, 0.3) is 0 Å². The van der Waals surface area contributed by atoms with Crippen LogP contribution in [-0.4, -0.2) is 33.0 Å². The van der Waals surface area contributed by atoms with E-state index in [1.54, 1.807) is 6.07 Å². The summed E-state index contributed by atoms with van der Waals surface area (Å²) in [7, 11) is -2.04. The number of sulfonamides is 1. The molecule has 16 heavy (non-hydrogen) atoms. The van der Waals surface area contributed by atoms with Gasteiger partial charge in [-0.1, -0.05) is 6.07 Å². The lowest BCUT2D eigenvalue weighted by molar-refractivity contribution is 0.217. The van der Waals surface area contributed by atoms with Crippen molar-refractivity contribution in [2.75, 3.05) is 24.2 Å². The molecule has 0 aliphatic heterocycles. The predicted molar refractivity (Wildman–Crippen MR) is 62.1 cm³/mol. The van der Waals surface area contributed by atoms with Crippen LogP contribution in [0.2, 0.25) is 0 Å². The highest BCUT2D eigenvalue weighted by molar-refractivity contribution is 7.92. The Morgan fingerprint density at radius 1 is 1.44 bits per heavy atom. The van der Waals surface area contributed by atoms with E-state index in [1.165, 1.54) is 19.2 Å². The van der Waals surface area contributed by atoms with Gasteiger partial charge in [0.05, 0.1) is 18.0 Å². The first kappa shape index (κ1) is 12.8. The first-order chi connectivity index (χ1) is 7.44. The van der Waals surface area contributed by atoms with E-state index < -0.39 is 10.0 Å². The summed E-state index contributed by atoms with van der Waals surface area (Å²) in [6, 6.07) is 4.73. The molecule has 90 valence electrons. The second-order valence-electron chi connectivity index (χ2n) is 3.43. The lowest BCUT2D eigenvalue weighted by atomic mass is 10.2. The second kappa shape index (κ2) is 5.18. The van der Waals surface area contributed by atoms with Crippen molar-refractivity contribution in [3.63, 3.8) is 0 Å². The normalized spacial score (nSPS) is 11.4. The van der Waals surface area contributed by atoms with Crippen LogP contribution in [0.15, 0.2) is 18.2 Å². The van der Waals surface area contributed by atoms with Gasteiger partial charge in [0.15, 0.2) is 0 Å². The van der Waals surface area contributed by atoms with Crippen LogP contribution in [0.25, 0.3) is 0 Å². The maximum Gasteiger partial charge on any atom is 0.235 e. The number of hydrogen-bond donors (Lipinski definition) is 2. The minimum absolute atomic E-state index is 0.0824. The van der Waals surface area contributed by atoms with E-state index in [1.807, 2.05) is 6.92 Å². The molecule has 0 unspecified atom stereocenters. The molecule has 5 nitrogen and oxygen atoms in total. The molecule has 0 aliphatic carbocycles. The largest absolute Gasteiger partial charge is 0.506 e. The number of phenols is 1. The van der Waals surface area contributed by atoms with Crippen molar-refractivity contribution in [3.8, 4) is 5.75 Å². The minimum Gasteiger partial charge on any atom is -0.506 e. The number of aromatic hydroxyl groups is 1. The number of hydrogen-bond acceptors (Lipinski definition) is 4. The van der Waals surface area contributed by atoms with E-state index in [-0.39, 0.29) is 23.8 Å². The Bertz CT molecular complexity index is 456. The van der Waals surface area contributed by atoms with E-state index in [0.29, 0.717) is 0 Å². The van der Waals surface area contributed by atoms with Crippen molar-refractivity contribution < 1.29 is 18.3 Å². The topological polar surface area (TPSA) is 75.6 Å². The van der Waals surface area contributed by atoms with Crippen LogP contribution >= 0.6 is 0 Å². The van der Waals surface area contributed by atoms with Gasteiger partial charge in [-0.2, -0.15) is 0 Å². The van der Waals surface area contributed by atoms with Crippen molar-refractivity contribution >= 4 is 15.7 Å². The molecule has 0 aromatic heterocycles. The molecule has 1 rings (SSSR count). The van der Waals surface area contributed by atoms with E-state index >= 15 is 0 Å². The van der Waals surface area contributed by atoms with E-state index in [9.17, 15) is 13.5 Å². The molecule has 0 spiro atoms. The Morgan fingerprint density at radius 3 is 2.69 bits per heavy atom. The number of phenolic OH excluding ortho intramolecular Hbond substituents is 1. The zero-order valence-corrected chi connectivity index (χ0v) is 10.0. The van der Waals surface area contributed by atoms with Gasteiger partial charge in [-0.3, -0.25) is 4.72 Å². The van der Waals surface area contributed by atoms with Crippen LogP contribution < -0.4 is 4.72 Å². The van der Waals surface area contributed by atoms with Crippen LogP contribution in [0, 0.1) is 6.92 Å². The fourth-order valence-electron chi connectivity index (χ4n) is 1.14. The summed E-state index contributed by atoms with van der Waals surface area (Å²) in [5.74, 6) is -0.224. The molecule has 0 saturated heterocycles. The molecule has 0 radical (unpaired) electrons. The van der Waals surface area contributed by atoms with Crippen LogP contribution in [-0.2, 0) is 14.8 Å². The van der Waals surface area contributed by atoms with Crippen LogP contribution in [0.1, 0.15) is 5.56 Å². The van der Waals surface area contributed by atoms with Crippen molar-refractivity contribution in [1.82, 2.24) is 0 Å². The maximum atomic E-state index is 11.5. The number of ether oxygens (including phenoxy) is 1. The monoisotopic (exact) mass is 245 g/mol. The predicted octanol–water partition coefficient (Wildman–Crippen LogP) is 1.09. The molecule has 6 heteroatoms. The molecule has 1 aromatic carbocycles. The van der Waals surface area contributed by atoms with Gasteiger partial charge in [0.1, 0.15) is 5.75 Å². The summed E-state index contributed by atoms with van der Waals surface area (Å²) < 4.78 is 30.0. The average Bonchev–Trinajstić information content (AvgIpc) is 2.19. The molecule has 0 aliphatic rings. The Morgan fingerprint density at radius 2 is 2.12 bits per heavy atom. The number of rotatable bonds is 5. The van der Waals surface area contributed by atoms with Gasteiger partial charge < -0.3 is 9.84 Å². The number of nitrogens with one attached hydrogen (secondary N) is 1. The molecule has 0 atom stereocenters. The van der Waals surface area contributed by atoms with Gasteiger partial charge >= 0.3 is 0 Å². The van der Waals surface area contributed by atoms with Crippen LogP contribution in [0.3, 0.4) is 0 Å². The molecule has 2 N–H and O–H groups in total. The van der Waals surface area contributed by atoms with Gasteiger partial charge in [0.2, 0.25) is 10.0 Å². The summed E-state index contributed by atoms with van der Waals surface area (Å²) in [5.41, 5.74) is 1.04. The highest BCUT2D eigenvalue weighted by Gasteiger charge is 2.12. The Kier molecular flexibility index (Phi) is 4.14. The summed E-state index contributed by atoms with van der Waals surface area (Å²) in [6.45, 7) is 1.92. The summed E-state index contributed by atoms with van der Waals surface area (Å²) in [4.78, 5) is 0.